The lowest BCUT2D eigenvalue weighted by Gasteiger charge is -2.14. The quantitative estimate of drug-likeness (QED) is 0.277. The van der Waals surface area contributed by atoms with Crippen LogP contribution in [0.15, 0.2) is 66.9 Å². The van der Waals surface area contributed by atoms with Crippen LogP contribution in [0.4, 0.5) is 8.78 Å². The van der Waals surface area contributed by atoms with Crippen LogP contribution in [0.1, 0.15) is 78.2 Å². The molecule has 0 aliphatic heterocycles. The zero-order valence-corrected chi connectivity index (χ0v) is 21.3. The Kier molecular flexibility index (Phi) is 7.26. The van der Waals surface area contributed by atoms with Crippen molar-refractivity contribution in [2.75, 3.05) is 0 Å². The van der Waals surface area contributed by atoms with Crippen LogP contribution < -0.4 is 10.1 Å². The molecule has 1 N–H and O–H groups in total. The van der Waals surface area contributed by atoms with Gasteiger partial charge in [-0.05, 0) is 78.5 Å². The summed E-state index contributed by atoms with van der Waals surface area (Å²) in [5, 5.41) is 2.92. The summed E-state index contributed by atoms with van der Waals surface area (Å²) >= 11 is 0. The van der Waals surface area contributed by atoms with E-state index in [1.165, 1.54) is 18.9 Å². The van der Waals surface area contributed by atoms with Crippen LogP contribution in [0, 0.1) is 11.6 Å². The number of aromatic nitrogens is 1. The molecular weight excluding hydrogens is 470 g/mol. The molecule has 5 rings (SSSR count). The average molecular weight is 503 g/mol. The lowest BCUT2D eigenvalue weighted by Crippen LogP contribution is -2.25. The van der Waals surface area contributed by atoms with Crippen molar-refractivity contribution < 1.29 is 18.3 Å². The van der Waals surface area contributed by atoms with Crippen LogP contribution in [0.25, 0.3) is 5.52 Å². The van der Waals surface area contributed by atoms with Gasteiger partial charge in [0.2, 0.25) is 0 Å². The Morgan fingerprint density at radius 3 is 2.46 bits per heavy atom. The topological polar surface area (TPSA) is 42.7 Å². The second-order valence-corrected chi connectivity index (χ2v) is 10.1. The minimum atomic E-state index is -0.928. The fourth-order valence-electron chi connectivity index (χ4n) is 5.35. The van der Waals surface area contributed by atoms with Gasteiger partial charge in [-0.2, -0.15) is 0 Å². The number of nitrogens with zero attached hydrogens (tertiary/aromatic N) is 1. The van der Waals surface area contributed by atoms with E-state index in [0.717, 1.165) is 52.9 Å². The molecule has 4 aromatic rings. The number of ether oxygens (including phenoxy) is 1. The van der Waals surface area contributed by atoms with E-state index in [-0.39, 0.29) is 24.5 Å². The van der Waals surface area contributed by atoms with E-state index in [2.05, 4.69) is 37.4 Å². The van der Waals surface area contributed by atoms with Crippen molar-refractivity contribution in [2.24, 2.45) is 0 Å². The molecule has 1 aliphatic carbocycles. The molecule has 0 spiro atoms. The van der Waals surface area contributed by atoms with Crippen molar-refractivity contribution in [3.05, 3.63) is 106 Å². The highest BCUT2D eigenvalue weighted by atomic mass is 19.2. The third-order valence-electron chi connectivity index (χ3n) is 7.11. The number of carbonyl (C=O) groups is 1. The number of pyridine rings is 1. The van der Waals surface area contributed by atoms with E-state index >= 15 is 0 Å². The summed E-state index contributed by atoms with van der Waals surface area (Å²) in [6, 6.07) is 17.9. The van der Waals surface area contributed by atoms with E-state index < -0.39 is 11.6 Å². The third-order valence-corrected chi connectivity index (χ3v) is 7.11. The van der Waals surface area contributed by atoms with Crippen molar-refractivity contribution in [2.45, 2.75) is 64.5 Å². The Labute approximate surface area is 216 Å². The maximum Gasteiger partial charge on any atom is 0.268 e. The van der Waals surface area contributed by atoms with Crippen molar-refractivity contribution in [3.8, 4) is 5.75 Å². The van der Waals surface area contributed by atoms with Gasteiger partial charge >= 0.3 is 0 Å². The molecule has 1 aliphatic rings. The van der Waals surface area contributed by atoms with Crippen molar-refractivity contribution in [1.82, 2.24) is 9.72 Å². The summed E-state index contributed by atoms with van der Waals surface area (Å²) < 4.78 is 35.3. The van der Waals surface area contributed by atoms with Crippen LogP contribution in [0.5, 0.6) is 5.75 Å². The summed E-state index contributed by atoms with van der Waals surface area (Å²) in [6.07, 6.45) is 7.34. The normalized spacial score (nSPS) is 14.0. The predicted octanol–water partition coefficient (Wildman–Crippen LogP) is 7.18. The first-order chi connectivity index (χ1) is 17.9. The fraction of sp³-hybridized carbons (Fsp3) is 0.323. The molecular formula is C31H32F2N2O2. The molecule has 4 nitrogen and oxygen atoms in total. The van der Waals surface area contributed by atoms with E-state index in [1.807, 2.05) is 34.9 Å². The minimum absolute atomic E-state index is 0.0850. The average Bonchev–Trinajstić information content (AvgIpc) is 3.51. The largest absolute Gasteiger partial charge is 0.490 e. The highest BCUT2D eigenvalue weighted by molar-refractivity contribution is 5.97. The molecule has 2 aromatic carbocycles. The van der Waals surface area contributed by atoms with Gasteiger partial charge in [0.15, 0.2) is 11.6 Å². The zero-order valence-electron chi connectivity index (χ0n) is 21.3. The number of fused-ring (bicyclic) bond motifs is 1. The predicted molar refractivity (Wildman–Crippen MR) is 141 cm³/mol. The first-order valence-corrected chi connectivity index (χ1v) is 13.0. The number of halogens is 2. The molecule has 1 saturated carbocycles. The minimum Gasteiger partial charge on any atom is -0.490 e. The molecule has 0 saturated heterocycles. The van der Waals surface area contributed by atoms with Crippen LogP contribution in [0.3, 0.4) is 0 Å². The number of carbonyl (C=O) groups excluding carboxylic acids is 1. The summed E-state index contributed by atoms with van der Waals surface area (Å²) in [6.45, 7) is 4.27. The van der Waals surface area contributed by atoms with Crippen molar-refractivity contribution in [1.29, 1.82) is 0 Å². The first-order valence-electron chi connectivity index (χ1n) is 13.0. The summed E-state index contributed by atoms with van der Waals surface area (Å²) in [7, 11) is 0. The second kappa shape index (κ2) is 10.8. The number of amides is 1. The molecule has 1 amide bonds. The summed E-state index contributed by atoms with van der Waals surface area (Å²) in [5.41, 5.74) is 5.23. The first kappa shape index (κ1) is 25.0. The molecule has 1 fully saturated rings. The molecule has 0 atom stereocenters. The van der Waals surface area contributed by atoms with Gasteiger partial charge in [0, 0.05) is 18.8 Å². The van der Waals surface area contributed by atoms with Crippen LogP contribution in [-0.2, 0) is 13.0 Å². The highest BCUT2D eigenvalue weighted by Crippen LogP contribution is 2.35. The van der Waals surface area contributed by atoms with Crippen LogP contribution >= 0.6 is 0 Å². The van der Waals surface area contributed by atoms with Gasteiger partial charge in [-0.25, -0.2) is 8.78 Å². The van der Waals surface area contributed by atoms with E-state index in [4.69, 9.17) is 4.74 Å². The van der Waals surface area contributed by atoms with E-state index in [0.29, 0.717) is 17.7 Å². The lowest BCUT2D eigenvalue weighted by molar-refractivity contribution is 0.0943. The standard InChI is InChI=1S/C31H32F2N2O2/c1-20(2)29-25(16-21-8-4-3-5-9-21)28-18-24(37-23-10-6-7-11-23)14-15-35(28)30(29)31(36)34-19-22-12-13-26(32)27(33)17-22/h3-5,8-9,12-15,17-18,20,23H,6-7,10-11,16,19H2,1-2H3,(H,34,36). The monoisotopic (exact) mass is 502 g/mol. The SMILES string of the molecule is CC(C)c1c(Cc2ccccc2)c2cc(OC3CCCC3)ccn2c1C(=O)NCc1ccc(F)c(F)c1. The molecule has 0 bridgehead atoms. The van der Waals surface area contributed by atoms with Gasteiger partial charge in [-0.1, -0.05) is 50.2 Å². The van der Waals surface area contributed by atoms with Gasteiger partial charge in [0.25, 0.3) is 5.91 Å². The summed E-state index contributed by atoms with van der Waals surface area (Å²) in [4.78, 5) is 13.6. The smallest absolute Gasteiger partial charge is 0.268 e. The van der Waals surface area contributed by atoms with Gasteiger partial charge in [0.1, 0.15) is 11.4 Å². The Hall–Kier alpha value is -3.67. The second-order valence-electron chi connectivity index (χ2n) is 10.1. The number of nitrogens with one attached hydrogen (secondary N) is 1. The van der Waals surface area contributed by atoms with Gasteiger partial charge < -0.3 is 14.5 Å². The highest BCUT2D eigenvalue weighted by Gasteiger charge is 2.26. The zero-order chi connectivity index (χ0) is 25.9. The fourth-order valence-corrected chi connectivity index (χ4v) is 5.35. The number of rotatable bonds is 8. The number of hydrogen-bond donors (Lipinski definition) is 1. The maximum absolute atomic E-state index is 13.7. The van der Waals surface area contributed by atoms with Gasteiger partial charge in [-0.15, -0.1) is 0 Å². The van der Waals surface area contributed by atoms with Gasteiger partial charge in [0.05, 0.1) is 11.6 Å². The summed E-state index contributed by atoms with van der Waals surface area (Å²) in [5.74, 6) is -1.19. The molecule has 37 heavy (non-hydrogen) atoms. The molecule has 2 heterocycles. The van der Waals surface area contributed by atoms with E-state index in [9.17, 15) is 13.6 Å². The van der Waals surface area contributed by atoms with Gasteiger partial charge in [-0.3, -0.25) is 4.79 Å². The maximum atomic E-state index is 13.7. The van der Waals surface area contributed by atoms with E-state index in [1.54, 1.807) is 0 Å². The Bertz CT molecular complexity index is 1410. The molecule has 192 valence electrons. The molecule has 0 radical (unpaired) electrons. The number of benzene rings is 2. The lowest BCUT2D eigenvalue weighted by atomic mass is 9.93. The Morgan fingerprint density at radius 2 is 1.76 bits per heavy atom. The number of hydrogen-bond acceptors (Lipinski definition) is 2. The molecule has 0 unspecified atom stereocenters. The Balaban J connectivity index is 1.55. The van der Waals surface area contributed by atoms with Crippen LogP contribution in [0.2, 0.25) is 0 Å². The third kappa shape index (κ3) is 5.38. The van der Waals surface area contributed by atoms with Crippen molar-refractivity contribution in [3.63, 3.8) is 0 Å². The van der Waals surface area contributed by atoms with Crippen LogP contribution in [-0.4, -0.2) is 16.4 Å². The molecule has 2 aromatic heterocycles. The molecule has 6 heteroatoms. The van der Waals surface area contributed by atoms with Crippen molar-refractivity contribution >= 4 is 11.4 Å². The Morgan fingerprint density at radius 1 is 1.00 bits per heavy atom.